The highest BCUT2D eigenvalue weighted by Gasteiger charge is 2.16. The van der Waals surface area contributed by atoms with Gasteiger partial charge < -0.3 is 10.5 Å². The third kappa shape index (κ3) is 5.79. The Balaban J connectivity index is 2.66. The minimum absolute atomic E-state index is 0.0531. The summed E-state index contributed by atoms with van der Waals surface area (Å²) in [5, 5.41) is 0.110. The van der Waals surface area contributed by atoms with E-state index >= 15 is 0 Å². The van der Waals surface area contributed by atoms with E-state index in [0.29, 0.717) is 5.56 Å². The van der Waals surface area contributed by atoms with Gasteiger partial charge in [0.15, 0.2) is 0 Å². The summed E-state index contributed by atoms with van der Waals surface area (Å²) in [7, 11) is -3.81. The third-order valence-corrected chi connectivity index (χ3v) is 4.29. The van der Waals surface area contributed by atoms with E-state index in [0.717, 1.165) is 0 Å². The zero-order valence-corrected chi connectivity index (χ0v) is 13.1. The Bertz CT molecular complexity index is 611. The summed E-state index contributed by atoms with van der Waals surface area (Å²) in [5.74, 6) is 0. The van der Waals surface area contributed by atoms with Crippen LogP contribution in [0.15, 0.2) is 23.1 Å². The van der Waals surface area contributed by atoms with Gasteiger partial charge in [-0.1, -0.05) is 23.8 Å². The average molecular weight is 359 g/mol. The van der Waals surface area contributed by atoms with Crippen molar-refractivity contribution in [1.29, 1.82) is 0 Å². The van der Waals surface area contributed by atoms with Gasteiger partial charge in [-0.05, 0) is 18.2 Å². The Labute approximate surface area is 131 Å². The fourth-order valence-corrected chi connectivity index (χ4v) is 2.99. The number of alkyl halides is 2. The maximum absolute atomic E-state index is 11.9. The minimum Gasteiger partial charge on any atom is -0.389 e. The van der Waals surface area contributed by atoms with Crippen LogP contribution in [-0.2, 0) is 14.8 Å². The summed E-state index contributed by atoms with van der Waals surface area (Å²) in [5.41, 5.74) is 5.78. The predicted octanol–water partition coefficient (Wildman–Crippen LogP) is 1.53. The maximum atomic E-state index is 11.9. The minimum atomic E-state index is -3.81. The van der Waals surface area contributed by atoms with E-state index in [4.69, 9.17) is 29.6 Å². The number of nitrogens with two attached hydrogens (primary N) is 1. The number of rotatable bonds is 8. The number of sulfonamides is 1. The topological polar surface area (TPSA) is 81.4 Å². The average Bonchev–Trinajstić information content (AvgIpc) is 2.37. The van der Waals surface area contributed by atoms with E-state index in [1.165, 1.54) is 18.2 Å². The lowest BCUT2D eigenvalue weighted by atomic mass is 10.2. The second kappa shape index (κ2) is 7.95. The summed E-state index contributed by atoms with van der Waals surface area (Å²) in [4.78, 5) is -0.0290. The molecule has 0 amide bonds. The number of hydrogen-bond acceptors (Lipinski definition) is 4. The Morgan fingerprint density at radius 2 is 2.14 bits per heavy atom. The molecule has 10 heteroatoms. The van der Waals surface area contributed by atoms with Gasteiger partial charge in [-0.2, -0.15) is 0 Å². The molecule has 1 rings (SSSR count). The van der Waals surface area contributed by atoms with Gasteiger partial charge in [-0.3, -0.25) is 0 Å². The second-order valence-electron chi connectivity index (χ2n) is 3.87. The van der Waals surface area contributed by atoms with Gasteiger partial charge >= 0.3 is 0 Å². The van der Waals surface area contributed by atoms with Crippen LogP contribution in [0.25, 0.3) is 0 Å². The van der Waals surface area contributed by atoms with Crippen LogP contribution in [0, 0.1) is 0 Å². The summed E-state index contributed by atoms with van der Waals surface area (Å²) in [6.45, 7) is -1.04. The first-order valence-corrected chi connectivity index (χ1v) is 7.96. The Kier molecular flexibility index (Phi) is 6.88. The lowest BCUT2D eigenvalue weighted by Gasteiger charge is -2.09. The van der Waals surface area contributed by atoms with Crippen LogP contribution in [0.5, 0.6) is 0 Å². The first-order chi connectivity index (χ1) is 9.74. The van der Waals surface area contributed by atoms with Crippen molar-refractivity contribution in [3.8, 4) is 0 Å². The van der Waals surface area contributed by atoms with Crippen LogP contribution >= 0.6 is 23.8 Å². The van der Waals surface area contributed by atoms with Crippen molar-refractivity contribution in [3.05, 3.63) is 28.8 Å². The molecular formula is C11H13ClF2N2O3S2. The van der Waals surface area contributed by atoms with Gasteiger partial charge in [-0.25, -0.2) is 21.9 Å². The van der Waals surface area contributed by atoms with Gasteiger partial charge in [0.05, 0.1) is 16.5 Å². The van der Waals surface area contributed by atoms with Crippen molar-refractivity contribution in [3.63, 3.8) is 0 Å². The van der Waals surface area contributed by atoms with E-state index in [1.807, 2.05) is 0 Å². The van der Waals surface area contributed by atoms with Crippen LogP contribution in [0.3, 0.4) is 0 Å². The van der Waals surface area contributed by atoms with Crippen LogP contribution < -0.4 is 10.5 Å². The number of nitrogens with one attached hydrogen (secondary N) is 1. The van der Waals surface area contributed by atoms with Crippen molar-refractivity contribution in [1.82, 2.24) is 4.72 Å². The number of thiocarbonyl (C=S) groups is 1. The molecule has 118 valence electrons. The summed E-state index contributed by atoms with van der Waals surface area (Å²) in [6, 6.07) is 3.90. The summed E-state index contributed by atoms with van der Waals surface area (Å²) in [6.07, 6.45) is -2.59. The molecule has 0 aliphatic carbocycles. The fourth-order valence-electron chi connectivity index (χ4n) is 1.37. The summed E-state index contributed by atoms with van der Waals surface area (Å²) >= 11 is 10.6. The van der Waals surface area contributed by atoms with Crippen molar-refractivity contribution in [2.24, 2.45) is 5.73 Å². The SMILES string of the molecule is NC(=S)c1ccc(S(=O)(=O)NCCOCC(F)F)cc1Cl. The molecule has 5 nitrogen and oxygen atoms in total. The number of benzene rings is 1. The van der Waals surface area contributed by atoms with Gasteiger partial charge in [-0.15, -0.1) is 0 Å². The zero-order valence-electron chi connectivity index (χ0n) is 10.7. The molecule has 0 radical (unpaired) electrons. The van der Waals surface area contributed by atoms with E-state index in [2.05, 4.69) is 9.46 Å². The van der Waals surface area contributed by atoms with Gasteiger partial charge in [0, 0.05) is 12.1 Å². The van der Waals surface area contributed by atoms with Crippen LogP contribution in [0.2, 0.25) is 5.02 Å². The largest absolute Gasteiger partial charge is 0.389 e. The van der Waals surface area contributed by atoms with E-state index in [-0.39, 0.29) is 28.1 Å². The number of halogens is 3. The molecule has 0 heterocycles. The Morgan fingerprint density at radius 1 is 1.48 bits per heavy atom. The molecule has 0 unspecified atom stereocenters. The van der Waals surface area contributed by atoms with Crippen LogP contribution in [0.4, 0.5) is 8.78 Å². The molecule has 0 aromatic heterocycles. The molecule has 0 saturated heterocycles. The lowest BCUT2D eigenvalue weighted by molar-refractivity contribution is 0.0199. The van der Waals surface area contributed by atoms with E-state index < -0.39 is 23.1 Å². The molecule has 0 saturated carbocycles. The molecule has 1 aromatic rings. The first-order valence-electron chi connectivity index (χ1n) is 5.69. The lowest BCUT2D eigenvalue weighted by Crippen LogP contribution is -2.28. The van der Waals surface area contributed by atoms with Gasteiger partial charge in [0.1, 0.15) is 11.6 Å². The zero-order chi connectivity index (χ0) is 16.0. The molecule has 0 bridgehead atoms. The highest BCUT2D eigenvalue weighted by Crippen LogP contribution is 2.20. The van der Waals surface area contributed by atoms with Crippen molar-refractivity contribution >= 4 is 38.8 Å². The monoisotopic (exact) mass is 358 g/mol. The second-order valence-corrected chi connectivity index (χ2v) is 6.48. The molecule has 21 heavy (non-hydrogen) atoms. The standard InChI is InChI=1S/C11H13ClF2N2O3S2/c12-9-5-7(1-2-8(9)11(15)20)21(17,18)16-3-4-19-6-10(13)14/h1-2,5,10,16H,3-4,6H2,(H2,15,20). The molecule has 0 fully saturated rings. The first kappa shape index (κ1) is 18.2. The highest BCUT2D eigenvalue weighted by atomic mass is 35.5. The Morgan fingerprint density at radius 3 is 2.67 bits per heavy atom. The number of ether oxygens (including phenoxy) is 1. The maximum Gasteiger partial charge on any atom is 0.261 e. The molecule has 0 atom stereocenters. The van der Waals surface area contributed by atoms with Gasteiger partial charge in [0.25, 0.3) is 6.43 Å². The quantitative estimate of drug-likeness (QED) is 0.544. The number of hydrogen-bond donors (Lipinski definition) is 2. The molecule has 3 N–H and O–H groups in total. The van der Waals surface area contributed by atoms with Crippen LogP contribution in [-0.4, -0.2) is 39.6 Å². The molecule has 0 aliphatic heterocycles. The predicted molar refractivity (Wildman–Crippen MR) is 79.4 cm³/mol. The van der Waals surface area contributed by atoms with Crippen molar-refractivity contribution < 1.29 is 21.9 Å². The van der Waals surface area contributed by atoms with Crippen LogP contribution in [0.1, 0.15) is 5.56 Å². The van der Waals surface area contributed by atoms with Gasteiger partial charge in [0.2, 0.25) is 10.0 Å². The third-order valence-electron chi connectivity index (χ3n) is 2.30. The smallest absolute Gasteiger partial charge is 0.261 e. The molecule has 0 spiro atoms. The van der Waals surface area contributed by atoms with Crippen molar-refractivity contribution in [2.75, 3.05) is 19.8 Å². The molecule has 0 aliphatic rings. The van der Waals surface area contributed by atoms with Crippen molar-refractivity contribution in [2.45, 2.75) is 11.3 Å². The fraction of sp³-hybridized carbons (Fsp3) is 0.364. The Hall–Kier alpha value is -0.870. The molecular weight excluding hydrogens is 346 g/mol. The normalized spacial score (nSPS) is 11.8. The van der Waals surface area contributed by atoms with E-state index in [9.17, 15) is 17.2 Å². The highest BCUT2D eigenvalue weighted by molar-refractivity contribution is 7.89. The summed E-state index contributed by atoms with van der Waals surface area (Å²) < 4.78 is 54.2. The molecule has 1 aromatic carbocycles. The van der Waals surface area contributed by atoms with E-state index in [1.54, 1.807) is 0 Å².